The van der Waals surface area contributed by atoms with Crippen LogP contribution < -0.4 is 9.80 Å². The summed E-state index contributed by atoms with van der Waals surface area (Å²) in [5.41, 5.74) is 0.796. The van der Waals surface area contributed by atoms with E-state index in [1.165, 1.54) is 32.5 Å². The van der Waals surface area contributed by atoms with Crippen molar-refractivity contribution in [2.24, 2.45) is 11.8 Å². The number of amides is 4. The maximum atomic E-state index is 14.3. The van der Waals surface area contributed by atoms with Crippen LogP contribution in [0.1, 0.15) is 21.8 Å². The molecule has 8 rings (SSSR count). The lowest BCUT2D eigenvalue weighted by atomic mass is 9.88. The number of carbonyl (C=O) groups is 4. The summed E-state index contributed by atoms with van der Waals surface area (Å²) in [6.45, 7) is 0. The number of benzene rings is 2. The lowest BCUT2D eigenvalue weighted by Crippen LogP contribution is -2.50. The predicted octanol–water partition coefficient (Wildman–Crippen LogP) is 5.56. The van der Waals surface area contributed by atoms with Crippen LogP contribution in [-0.2, 0) is 19.2 Å². The van der Waals surface area contributed by atoms with Crippen LogP contribution in [0.15, 0.2) is 83.6 Å². The number of rotatable bonds is 4. The van der Waals surface area contributed by atoms with Gasteiger partial charge in [-0.2, -0.15) is 0 Å². The Balaban J connectivity index is 1.31. The third-order valence-electron chi connectivity index (χ3n) is 8.53. The van der Waals surface area contributed by atoms with E-state index in [0.29, 0.717) is 21.4 Å². The molecule has 6 heterocycles. The van der Waals surface area contributed by atoms with Crippen molar-refractivity contribution in [3.05, 3.63) is 103 Å². The molecule has 4 fully saturated rings. The summed E-state index contributed by atoms with van der Waals surface area (Å²) in [5.74, 6) is -3.09. The van der Waals surface area contributed by atoms with Crippen LogP contribution in [0.2, 0.25) is 10.0 Å². The zero-order chi connectivity index (χ0) is 28.9. The maximum Gasteiger partial charge on any atom is 0.253 e. The van der Waals surface area contributed by atoms with Gasteiger partial charge < -0.3 is 0 Å². The van der Waals surface area contributed by atoms with Crippen LogP contribution in [-0.4, -0.2) is 45.7 Å². The fraction of sp³-hybridized carbons (Fsp3) is 0.200. The first-order chi connectivity index (χ1) is 20.4. The number of thiophene rings is 2. The Morgan fingerprint density at radius 2 is 0.952 bits per heavy atom. The van der Waals surface area contributed by atoms with E-state index in [1.54, 1.807) is 48.5 Å². The molecule has 4 aromatic rings. The van der Waals surface area contributed by atoms with Gasteiger partial charge >= 0.3 is 0 Å². The first kappa shape index (κ1) is 26.3. The van der Waals surface area contributed by atoms with Gasteiger partial charge in [-0.05, 0) is 59.3 Å². The van der Waals surface area contributed by atoms with Crippen LogP contribution in [0.5, 0.6) is 0 Å². The normalized spacial score (nSPS) is 29.1. The minimum absolute atomic E-state index is 0.356. The Bertz CT molecular complexity index is 1650. The molecular weight excluding hydrogens is 615 g/mol. The van der Waals surface area contributed by atoms with Gasteiger partial charge in [0.15, 0.2) is 0 Å². The number of halogens is 2. The van der Waals surface area contributed by atoms with E-state index in [9.17, 15) is 19.2 Å². The SMILES string of the molecule is O=C1[C@H]2[C@@H](C(=O)N1c1cccc(Cl)c1)N1[C@H](c3cccs3)[C@H]3C(=O)N(c4cccc(Cl)c4)C(=O)[C@H]3N1[C@@H]2c1cccs1. The molecule has 0 radical (unpaired) electrons. The number of anilines is 2. The minimum Gasteiger partial charge on any atom is -0.274 e. The Hall–Kier alpha value is -3.38. The molecule has 2 aromatic heterocycles. The molecule has 0 N–H and O–H groups in total. The molecule has 0 bridgehead atoms. The highest BCUT2D eigenvalue weighted by molar-refractivity contribution is 7.10. The molecule has 4 aliphatic rings. The highest BCUT2D eigenvalue weighted by Gasteiger charge is 2.74. The smallest absolute Gasteiger partial charge is 0.253 e. The Labute approximate surface area is 258 Å². The van der Waals surface area contributed by atoms with E-state index >= 15 is 0 Å². The number of fused-ring (bicyclic) bond motifs is 5. The van der Waals surface area contributed by atoms with Crippen LogP contribution in [0.25, 0.3) is 0 Å². The van der Waals surface area contributed by atoms with E-state index in [0.717, 1.165) is 9.75 Å². The molecular formula is C30H20Cl2N4O4S2. The first-order valence-corrected chi connectivity index (χ1v) is 15.8. The van der Waals surface area contributed by atoms with Gasteiger partial charge in [-0.15, -0.1) is 22.7 Å². The lowest BCUT2D eigenvalue weighted by Gasteiger charge is -2.35. The van der Waals surface area contributed by atoms with Gasteiger partial charge in [0.05, 0.1) is 35.3 Å². The van der Waals surface area contributed by atoms with Crippen molar-refractivity contribution in [2.75, 3.05) is 9.80 Å². The molecule has 12 heteroatoms. The molecule has 6 atom stereocenters. The van der Waals surface area contributed by atoms with Crippen LogP contribution in [0, 0.1) is 11.8 Å². The zero-order valence-electron chi connectivity index (χ0n) is 21.5. The number of imide groups is 2. The molecule has 4 saturated heterocycles. The second-order valence-electron chi connectivity index (χ2n) is 10.6. The van der Waals surface area contributed by atoms with Crippen molar-refractivity contribution >= 4 is 80.9 Å². The van der Waals surface area contributed by atoms with E-state index in [1.807, 2.05) is 45.0 Å². The predicted molar refractivity (Wildman–Crippen MR) is 160 cm³/mol. The number of carbonyl (C=O) groups excluding carboxylic acids is 4. The van der Waals surface area contributed by atoms with E-state index in [4.69, 9.17) is 23.2 Å². The Kier molecular flexibility index (Phi) is 5.98. The second kappa shape index (κ2) is 9.57. The molecule has 210 valence electrons. The van der Waals surface area contributed by atoms with Crippen LogP contribution in [0.3, 0.4) is 0 Å². The van der Waals surface area contributed by atoms with Crippen molar-refractivity contribution in [1.29, 1.82) is 0 Å². The van der Waals surface area contributed by atoms with E-state index < -0.39 is 47.8 Å². The van der Waals surface area contributed by atoms with Crippen molar-refractivity contribution in [3.8, 4) is 0 Å². The largest absolute Gasteiger partial charge is 0.274 e. The van der Waals surface area contributed by atoms with Gasteiger partial charge in [-0.25, -0.2) is 19.8 Å². The monoisotopic (exact) mass is 634 g/mol. The molecule has 4 aliphatic heterocycles. The Morgan fingerprint density at radius 3 is 1.31 bits per heavy atom. The summed E-state index contributed by atoms with van der Waals surface area (Å²) >= 11 is 15.4. The fourth-order valence-electron chi connectivity index (χ4n) is 7.05. The number of hydrogen-bond acceptors (Lipinski definition) is 8. The number of hydrogen-bond donors (Lipinski definition) is 0. The van der Waals surface area contributed by atoms with Gasteiger partial charge in [0.2, 0.25) is 11.8 Å². The van der Waals surface area contributed by atoms with Crippen molar-refractivity contribution in [1.82, 2.24) is 10.0 Å². The highest BCUT2D eigenvalue weighted by atomic mass is 35.5. The summed E-state index contributed by atoms with van der Waals surface area (Å²) < 4.78 is 0. The average Bonchev–Trinajstić information content (AvgIpc) is 3.79. The van der Waals surface area contributed by atoms with Crippen LogP contribution in [0.4, 0.5) is 11.4 Å². The molecule has 0 saturated carbocycles. The molecule has 0 spiro atoms. The van der Waals surface area contributed by atoms with Crippen molar-refractivity contribution in [3.63, 3.8) is 0 Å². The van der Waals surface area contributed by atoms with E-state index in [2.05, 4.69) is 0 Å². The average molecular weight is 636 g/mol. The summed E-state index contributed by atoms with van der Waals surface area (Å²) in [6, 6.07) is 17.9. The summed E-state index contributed by atoms with van der Waals surface area (Å²) in [7, 11) is 0. The minimum atomic E-state index is -0.901. The molecule has 4 amide bonds. The standard InChI is InChI=1S/C30H20Cl2N4O4S2/c31-15-5-1-7-17(13-15)33-27(37)21-23(19-9-3-11-41-19)36-26-22(24(20-10-4-12-42-20)35(36)25(21)29(33)39)28(38)34(30(26)40)18-8-2-6-16(32)14-18/h1-14,21-26H/t21-,22-,23-,24-,25+,26+/m1/s1. The number of nitrogens with zero attached hydrogens (tertiary/aromatic N) is 4. The fourth-order valence-corrected chi connectivity index (χ4v) is 9.15. The zero-order valence-corrected chi connectivity index (χ0v) is 24.7. The van der Waals surface area contributed by atoms with Gasteiger partial charge in [0.1, 0.15) is 12.1 Å². The van der Waals surface area contributed by atoms with Crippen molar-refractivity contribution in [2.45, 2.75) is 24.2 Å². The first-order valence-electron chi connectivity index (χ1n) is 13.3. The summed E-state index contributed by atoms with van der Waals surface area (Å²) in [5, 5.41) is 8.37. The molecule has 42 heavy (non-hydrogen) atoms. The van der Waals surface area contributed by atoms with Crippen LogP contribution >= 0.6 is 45.9 Å². The highest BCUT2D eigenvalue weighted by Crippen LogP contribution is 2.60. The molecule has 0 unspecified atom stereocenters. The molecule has 8 nitrogen and oxygen atoms in total. The quantitative estimate of drug-likeness (QED) is 0.273. The van der Waals surface area contributed by atoms with E-state index in [-0.39, 0.29) is 11.8 Å². The second-order valence-corrected chi connectivity index (χ2v) is 13.4. The third-order valence-corrected chi connectivity index (χ3v) is 10.9. The maximum absolute atomic E-state index is 14.3. The lowest BCUT2D eigenvalue weighted by molar-refractivity contribution is -0.135. The Morgan fingerprint density at radius 1 is 0.524 bits per heavy atom. The third kappa shape index (κ3) is 3.54. The summed E-state index contributed by atoms with van der Waals surface area (Å²) in [4.78, 5) is 61.2. The molecule has 0 aliphatic carbocycles. The van der Waals surface area contributed by atoms with Gasteiger partial charge in [-0.1, -0.05) is 47.5 Å². The van der Waals surface area contributed by atoms with Gasteiger partial charge in [-0.3, -0.25) is 19.2 Å². The van der Waals surface area contributed by atoms with Gasteiger partial charge in [0.25, 0.3) is 11.8 Å². The number of hydrazine groups is 1. The summed E-state index contributed by atoms with van der Waals surface area (Å²) in [6.07, 6.45) is 0. The van der Waals surface area contributed by atoms with Gasteiger partial charge in [0, 0.05) is 19.8 Å². The van der Waals surface area contributed by atoms with Crippen molar-refractivity contribution < 1.29 is 19.2 Å². The molecule has 2 aromatic carbocycles. The topological polar surface area (TPSA) is 81.2 Å².